The SMILES string of the molecule is O=C1COc2ccc(N3CCN(c4ccc5cc[nH]c5c4)CC3)cc2N1Cc1ccccc1. The van der Waals surface area contributed by atoms with E-state index in [1.807, 2.05) is 35.4 Å². The molecule has 3 heterocycles. The molecular formula is C27H26N4O2. The highest BCUT2D eigenvalue weighted by molar-refractivity contribution is 5.98. The number of carbonyl (C=O) groups is 1. The molecule has 2 aliphatic rings. The zero-order valence-corrected chi connectivity index (χ0v) is 18.4. The van der Waals surface area contributed by atoms with Crippen molar-refractivity contribution in [1.82, 2.24) is 4.98 Å². The van der Waals surface area contributed by atoms with Gasteiger partial charge in [0.05, 0.1) is 12.2 Å². The van der Waals surface area contributed by atoms with Crippen molar-refractivity contribution in [2.45, 2.75) is 6.54 Å². The maximum absolute atomic E-state index is 12.7. The molecule has 0 bridgehead atoms. The van der Waals surface area contributed by atoms with Crippen LogP contribution in [-0.4, -0.2) is 43.7 Å². The van der Waals surface area contributed by atoms with Crippen LogP contribution < -0.4 is 19.4 Å². The molecule has 166 valence electrons. The first kappa shape index (κ1) is 19.7. The van der Waals surface area contributed by atoms with Gasteiger partial charge in [0, 0.05) is 49.3 Å². The molecule has 0 spiro atoms. The summed E-state index contributed by atoms with van der Waals surface area (Å²) in [5, 5.41) is 1.24. The molecular weight excluding hydrogens is 412 g/mol. The summed E-state index contributed by atoms with van der Waals surface area (Å²) < 4.78 is 5.73. The molecule has 6 rings (SSSR count). The fraction of sp³-hybridized carbons (Fsp3) is 0.222. The first-order valence-corrected chi connectivity index (χ1v) is 11.4. The van der Waals surface area contributed by atoms with Gasteiger partial charge in [-0.05, 0) is 47.3 Å². The molecule has 3 aromatic carbocycles. The highest BCUT2D eigenvalue weighted by Gasteiger charge is 2.27. The molecule has 4 aromatic rings. The normalized spacial score (nSPS) is 16.1. The van der Waals surface area contributed by atoms with E-state index in [2.05, 4.69) is 63.3 Å². The van der Waals surface area contributed by atoms with Crippen LogP contribution in [0, 0.1) is 0 Å². The number of ether oxygens (including phenoxy) is 1. The third kappa shape index (κ3) is 3.78. The first-order chi connectivity index (χ1) is 16.2. The number of carbonyl (C=O) groups excluding carboxylic acids is 1. The van der Waals surface area contributed by atoms with Crippen LogP contribution in [-0.2, 0) is 11.3 Å². The Morgan fingerprint density at radius 2 is 1.55 bits per heavy atom. The Bertz CT molecular complexity index is 1290. The number of fused-ring (bicyclic) bond motifs is 2. The second-order valence-electron chi connectivity index (χ2n) is 8.63. The number of nitrogens with zero attached hydrogens (tertiary/aromatic N) is 3. The summed E-state index contributed by atoms with van der Waals surface area (Å²) in [6, 6.07) is 25.0. The molecule has 0 aliphatic carbocycles. The van der Waals surface area contributed by atoms with Gasteiger partial charge in [0.2, 0.25) is 0 Å². The largest absolute Gasteiger partial charge is 0.482 e. The van der Waals surface area contributed by atoms with Gasteiger partial charge < -0.3 is 24.4 Å². The molecule has 2 aliphatic heterocycles. The number of piperazine rings is 1. The molecule has 0 atom stereocenters. The minimum Gasteiger partial charge on any atom is -0.482 e. The number of hydrogen-bond acceptors (Lipinski definition) is 4. The summed E-state index contributed by atoms with van der Waals surface area (Å²) in [5.41, 5.74) is 5.52. The summed E-state index contributed by atoms with van der Waals surface area (Å²) in [6.45, 7) is 4.39. The second kappa shape index (κ2) is 8.20. The molecule has 6 heteroatoms. The third-order valence-corrected chi connectivity index (χ3v) is 6.62. The van der Waals surface area contributed by atoms with Crippen molar-refractivity contribution in [3.05, 3.63) is 84.6 Å². The van der Waals surface area contributed by atoms with Crippen molar-refractivity contribution in [1.29, 1.82) is 0 Å². The molecule has 0 saturated carbocycles. The zero-order valence-electron chi connectivity index (χ0n) is 18.4. The molecule has 6 nitrogen and oxygen atoms in total. The van der Waals surface area contributed by atoms with Crippen LogP contribution in [0.3, 0.4) is 0 Å². The van der Waals surface area contributed by atoms with E-state index in [-0.39, 0.29) is 12.5 Å². The standard InChI is InChI=1S/C27H26N4O2/c32-27-19-33-26-9-8-23(17-25(26)31(27)18-20-4-2-1-3-5-20)30-14-12-29(13-15-30)22-7-6-21-10-11-28-24(21)16-22/h1-11,16-17,28H,12-15,18-19H2. The predicted octanol–water partition coefficient (Wildman–Crippen LogP) is 4.42. The van der Waals surface area contributed by atoms with Crippen LogP contribution in [0.1, 0.15) is 5.56 Å². The van der Waals surface area contributed by atoms with E-state index in [1.165, 1.54) is 16.6 Å². The van der Waals surface area contributed by atoms with Crippen molar-refractivity contribution in [2.75, 3.05) is 47.5 Å². The molecule has 1 N–H and O–H groups in total. The Kier molecular flexibility index (Phi) is 4.91. The number of amides is 1. The Balaban J connectivity index is 1.20. The lowest BCUT2D eigenvalue weighted by molar-refractivity contribution is -0.121. The predicted molar refractivity (Wildman–Crippen MR) is 132 cm³/mol. The van der Waals surface area contributed by atoms with Gasteiger partial charge >= 0.3 is 0 Å². The molecule has 1 aromatic heterocycles. The van der Waals surface area contributed by atoms with Gasteiger partial charge in [-0.15, -0.1) is 0 Å². The van der Waals surface area contributed by atoms with Crippen molar-refractivity contribution in [3.8, 4) is 5.75 Å². The maximum Gasteiger partial charge on any atom is 0.265 e. The van der Waals surface area contributed by atoms with E-state index in [0.717, 1.165) is 48.9 Å². The van der Waals surface area contributed by atoms with Crippen LogP contribution in [0.2, 0.25) is 0 Å². The topological polar surface area (TPSA) is 51.8 Å². The highest BCUT2D eigenvalue weighted by Crippen LogP contribution is 2.37. The fourth-order valence-corrected chi connectivity index (χ4v) is 4.78. The Morgan fingerprint density at radius 3 is 2.33 bits per heavy atom. The molecule has 0 unspecified atom stereocenters. The van der Waals surface area contributed by atoms with Crippen molar-refractivity contribution >= 4 is 33.9 Å². The van der Waals surface area contributed by atoms with Gasteiger partial charge in [-0.2, -0.15) is 0 Å². The minimum absolute atomic E-state index is 0.00645. The summed E-state index contributed by atoms with van der Waals surface area (Å²) in [5.74, 6) is 0.764. The summed E-state index contributed by atoms with van der Waals surface area (Å²) in [4.78, 5) is 22.7. The Labute approximate surface area is 193 Å². The van der Waals surface area contributed by atoms with Crippen molar-refractivity contribution in [2.24, 2.45) is 0 Å². The first-order valence-electron chi connectivity index (χ1n) is 11.4. The quantitative estimate of drug-likeness (QED) is 0.513. The van der Waals surface area contributed by atoms with Crippen molar-refractivity contribution < 1.29 is 9.53 Å². The average molecular weight is 439 g/mol. The minimum atomic E-state index is -0.00645. The number of aromatic amines is 1. The van der Waals surface area contributed by atoms with E-state index in [1.54, 1.807) is 0 Å². The molecule has 1 saturated heterocycles. The number of H-pyrrole nitrogens is 1. The molecule has 0 radical (unpaired) electrons. The van der Waals surface area contributed by atoms with Crippen molar-refractivity contribution in [3.63, 3.8) is 0 Å². The number of hydrogen-bond donors (Lipinski definition) is 1. The monoisotopic (exact) mass is 438 g/mol. The summed E-state index contributed by atoms with van der Waals surface area (Å²) in [7, 11) is 0. The number of aromatic nitrogens is 1. The lowest BCUT2D eigenvalue weighted by atomic mass is 10.1. The molecule has 1 fully saturated rings. The van der Waals surface area contributed by atoms with Gasteiger partial charge in [-0.3, -0.25) is 4.79 Å². The van der Waals surface area contributed by atoms with E-state index >= 15 is 0 Å². The zero-order chi connectivity index (χ0) is 22.2. The number of anilines is 3. The lowest BCUT2D eigenvalue weighted by Crippen LogP contribution is -2.46. The van der Waals surface area contributed by atoms with Crippen LogP contribution in [0.4, 0.5) is 17.1 Å². The fourth-order valence-electron chi connectivity index (χ4n) is 4.78. The van der Waals surface area contributed by atoms with E-state index in [9.17, 15) is 4.79 Å². The highest BCUT2D eigenvalue weighted by atomic mass is 16.5. The average Bonchev–Trinajstić information content (AvgIpc) is 3.34. The van der Waals surface area contributed by atoms with Gasteiger partial charge in [-0.1, -0.05) is 36.4 Å². The number of rotatable bonds is 4. The van der Waals surface area contributed by atoms with Gasteiger partial charge in [-0.25, -0.2) is 0 Å². The van der Waals surface area contributed by atoms with E-state index in [4.69, 9.17) is 4.74 Å². The van der Waals surface area contributed by atoms with Crippen LogP contribution >= 0.6 is 0 Å². The Morgan fingerprint density at radius 1 is 0.818 bits per heavy atom. The van der Waals surface area contributed by atoms with Crippen LogP contribution in [0.15, 0.2) is 79.0 Å². The third-order valence-electron chi connectivity index (χ3n) is 6.62. The van der Waals surface area contributed by atoms with Gasteiger partial charge in [0.1, 0.15) is 5.75 Å². The summed E-state index contributed by atoms with van der Waals surface area (Å²) >= 11 is 0. The second-order valence-corrected chi connectivity index (χ2v) is 8.63. The van der Waals surface area contributed by atoms with Gasteiger partial charge in [0.25, 0.3) is 5.91 Å². The Hall–Kier alpha value is -3.93. The smallest absolute Gasteiger partial charge is 0.265 e. The summed E-state index contributed by atoms with van der Waals surface area (Å²) in [6.07, 6.45) is 1.98. The number of benzene rings is 3. The molecule has 33 heavy (non-hydrogen) atoms. The maximum atomic E-state index is 12.7. The molecule has 1 amide bonds. The number of nitrogens with one attached hydrogen (secondary N) is 1. The van der Waals surface area contributed by atoms with Crippen LogP contribution in [0.5, 0.6) is 5.75 Å². The van der Waals surface area contributed by atoms with E-state index in [0.29, 0.717) is 6.54 Å². The van der Waals surface area contributed by atoms with Gasteiger partial charge in [0.15, 0.2) is 6.61 Å². The van der Waals surface area contributed by atoms with E-state index < -0.39 is 0 Å². The lowest BCUT2D eigenvalue weighted by Gasteiger charge is -2.38. The van der Waals surface area contributed by atoms with Crippen LogP contribution in [0.25, 0.3) is 10.9 Å².